The summed E-state index contributed by atoms with van der Waals surface area (Å²) in [5.74, 6) is 0. The summed E-state index contributed by atoms with van der Waals surface area (Å²) in [6, 6.07) is 7.53. The van der Waals surface area contributed by atoms with Crippen molar-refractivity contribution >= 4 is 17.3 Å². The maximum Gasteiger partial charge on any atom is 0.0945 e. The lowest BCUT2D eigenvalue weighted by Gasteiger charge is -2.23. The topological polar surface area (TPSA) is 41.5 Å². The van der Waals surface area contributed by atoms with E-state index in [1.165, 1.54) is 19.3 Å². The van der Waals surface area contributed by atoms with Crippen LogP contribution in [0.15, 0.2) is 24.3 Å². The van der Waals surface area contributed by atoms with Gasteiger partial charge in [0, 0.05) is 6.54 Å². The van der Waals surface area contributed by atoms with Crippen molar-refractivity contribution in [2.45, 2.75) is 44.3 Å². The van der Waals surface area contributed by atoms with E-state index in [1.807, 2.05) is 24.3 Å². The first kappa shape index (κ1) is 14.6. The number of para-hydroxylation sites is 1. The minimum absolute atomic E-state index is 0.337. The summed E-state index contributed by atoms with van der Waals surface area (Å²) in [6.07, 6.45) is 5.91. The molecule has 0 spiro atoms. The van der Waals surface area contributed by atoms with E-state index in [9.17, 15) is 5.11 Å². The van der Waals surface area contributed by atoms with Crippen LogP contribution >= 0.6 is 11.6 Å². The molecule has 0 amide bonds. The molecule has 3 nitrogen and oxygen atoms in total. The van der Waals surface area contributed by atoms with E-state index in [-0.39, 0.29) is 0 Å². The summed E-state index contributed by atoms with van der Waals surface area (Å²) < 4.78 is 5.74. The van der Waals surface area contributed by atoms with Crippen molar-refractivity contribution in [1.29, 1.82) is 0 Å². The van der Waals surface area contributed by atoms with Crippen LogP contribution in [0.1, 0.15) is 32.1 Å². The van der Waals surface area contributed by atoms with Gasteiger partial charge in [0.25, 0.3) is 0 Å². The molecule has 1 aliphatic rings. The number of aliphatic hydroxyl groups excluding tert-OH is 1. The molecule has 1 aromatic rings. The van der Waals surface area contributed by atoms with Crippen LogP contribution in [0.3, 0.4) is 0 Å². The molecule has 1 aromatic carbocycles. The fraction of sp³-hybridized carbons (Fsp3) is 0.600. The third-order valence-corrected chi connectivity index (χ3v) is 3.81. The molecule has 1 unspecified atom stereocenters. The molecule has 0 aliphatic heterocycles. The van der Waals surface area contributed by atoms with Gasteiger partial charge in [0.05, 0.1) is 29.5 Å². The number of benzene rings is 1. The SMILES string of the molecule is OC(CNc1ccccc1Cl)COC1CCCCC1. The van der Waals surface area contributed by atoms with Crippen LogP contribution in [0.25, 0.3) is 0 Å². The van der Waals surface area contributed by atoms with E-state index >= 15 is 0 Å². The van der Waals surface area contributed by atoms with Gasteiger partial charge in [-0.15, -0.1) is 0 Å². The average molecular weight is 284 g/mol. The molecule has 1 saturated carbocycles. The lowest BCUT2D eigenvalue weighted by molar-refractivity contribution is -0.0195. The fourth-order valence-corrected chi connectivity index (χ4v) is 2.57. The van der Waals surface area contributed by atoms with Crippen LogP contribution < -0.4 is 5.32 Å². The Kier molecular flexibility index (Phi) is 5.95. The van der Waals surface area contributed by atoms with Crippen molar-refractivity contribution in [2.24, 2.45) is 0 Å². The number of nitrogens with one attached hydrogen (secondary N) is 1. The lowest BCUT2D eigenvalue weighted by atomic mass is 9.98. The Hall–Kier alpha value is -0.770. The predicted octanol–water partition coefficient (Wildman–Crippen LogP) is 3.46. The molecule has 2 rings (SSSR count). The Morgan fingerprint density at radius 2 is 2.00 bits per heavy atom. The number of rotatable bonds is 6. The molecule has 1 fully saturated rings. The van der Waals surface area contributed by atoms with Crippen molar-refractivity contribution < 1.29 is 9.84 Å². The highest BCUT2D eigenvalue weighted by molar-refractivity contribution is 6.33. The quantitative estimate of drug-likeness (QED) is 0.840. The summed E-state index contributed by atoms with van der Waals surface area (Å²) in [4.78, 5) is 0. The molecular weight excluding hydrogens is 262 g/mol. The first-order valence-corrected chi connectivity index (χ1v) is 7.41. The molecule has 19 heavy (non-hydrogen) atoms. The zero-order chi connectivity index (χ0) is 13.5. The lowest BCUT2D eigenvalue weighted by Crippen LogP contribution is -2.28. The average Bonchev–Trinajstić information content (AvgIpc) is 2.45. The molecule has 0 aromatic heterocycles. The van der Waals surface area contributed by atoms with Gasteiger partial charge in [-0.1, -0.05) is 43.0 Å². The number of halogens is 1. The number of hydrogen-bond acceptors (Lipinski definition) is 3. The smallest absolute Gasteiger partial charge is 0.0945 e. The van der Waals surface area contributed by atoms with Crippen molar-refractivity contribution in [3.05, 3.63) is 29.3 Å². The Morgan fingerprint density at radius 1 is 1.26 bits per heavy atom. The van der Waals surface area contributed by atoms with E-state index < -0.39 is 6.10 Å². The van der Waals surface area contributed by atoms with Gasteiger partial charge < -0.3 is 15.2 Å². The van der Waals surface area contributed by atoms with Gasteiger partial charge in [-0.05, 0) is 25.0 Å². The molecule has 0 radical (unpaired) electrons. The van der Waals surface area contributed by atoms with Crippen LogP contribution in [0.5, 0.6) is 0 Å². The van der Waals surface area contributed by atoms with Gasteiger partial charge in [-0.25, -0.2) is 0 Å². The van der Waals surface area contributed by atoms with Gasteiger partial charge in [0.1, 0.15) is 0 Å². The number of hydrogen-bond donors (Lipinski definition) is 2. The van der Waals surface area contributed by atoms with Crippen LogP contribution in [-0.2, 0) is 4.74 Å². The molecule has 0 saturated heterocycles. The van der Waals surface area contributed by atoms with E-state index in [0.29, 0.717) is 24.3 Å². The highest BCUT2D eigenvalue weighted by atomic mass is 35.5. The minimum atomic E-state index is -0.502. The van der Waals surface area contributed by atoms with Gasteiger partial charge >= 0.3 is 0 Å². The Morgan fingerprint density at radius 3 is 2.74 bits per heavy atom. The standard InChI is InChI=1S/C15H22ClNO2/c16-14-8-4-5-9-15(14)17-10-12(18)11-19-13-6-2-1-3-7-13/h4-5,8-9,12-13,17-18H,1-3,6-7,10-11H2. The maximum atomic E-state index is 9.90. The number of anilines is 1. The number of aliphatic hydroxyl groups is 1. The first-order valence-electron chi connectivity index (χ1n) is 7.04. The van der Waals surface area contributed by atoms with Crippen molar-refractivity contribution in [1.82, 2.24) is 0 Å². The Balaban J connectivity index is 1.66. The van der Waals surface area contributed by atoms with E-state index in [0.717, 1.165) is 18.5 Å². The van der Waals surface area contributed by atoms with Gasteiger partial charge in [-0.3, -0.25) is 0 Å². The fourth-order valence-electron chi connectivity index (χ4n) is 2.37. The second-order valence-corrected chi connectivity index (χ2v) is 5.52. The summed E-state index contributed by atoms with van der Waals surface area (Å²) in [6.45, 7) is 0.846. The zero-order valence-electron chi connectivity index (χ0n) is 11.1. The highest BCUT2D eigenvalue weighted by Crippen LogP contribution is 2.21. The molecule has 1 aliphatic carbocycles. The largest absolute Gasteiger partial charge is 0.389 e. The molecule has 1 atom stereocenters. The predicted molar refractivity (Wildman–Crippen MR) is 78.8 cm³/mol. The summed E-state index contributed by atoms with van der Waals surface area (Å²) in [5.41, 5.74) is 0.848. The molecule has 4 heteroatoms. The maximum absolute atomic E-state index is 9.90. The van der Waals surface area contributed by atoms with Gasteiger partial charge in [0.2, 0.25) is 0 Å². The van der Waals surface area contributed by atoms with Crippen LogP contribution in [0.2, 0.25) is 5.02 Å². The van der Waals surface area contributed by atoms with E-state index in [1.54, 1.807) is 0 Å². The van der Waals surface area contributed by atoms with Crippen molar-refractivity contribution in [3.8, 4) is 0 Å². The third-order valence-electron chi connectivity index (χ3n) is 3.48. The normalized spacial score (nSPS) is 18.2. The zero-order valence-corrected chi connectivity index (χ0v) is 11.9. The molecule has 2 N–H and O–H groups in total. The number of ether oxygens (including phenoxy) is 1. The van der Waals surface area contributed by atoms with E-state index in [4.69, 9.17) is 16.3 Å². The summed E-state index contributed by atoms with van der Waals surface area (Å²) in [5, 5.41) is 13.7. The Labute approximate surface area is 119 Å². The molecule has 0 bridgehead atoms. The molecular formula is C15H22ClNO2. The summed E-state index contributed by atoms with van der Waals surface area (Å²) in [7, 11) is 0. The highest BCUT2D eigenvalue weighted by Gasteiger charge is 2.15. The van der Waals surface area contributed by atoms with Crippen LogP contribution in [-0.4, -0.2) is 30.5 Å². The van der Waals surface area contributed by atoms with Crippen LogP contribution in [0, 0.1) is 0 Å². The van der Waals surface area contributed by atoms with E-state index in [2.05, 4.69) is 5.32 Å². The van der Waals surface area contributed by atoms with Gasteiger partial charge in [-0.2, -0.15) is 0 Å². The Bertz CT molecular complexity index is 380. The summed E-state index contributed by atoms with van der Waals surface area (Å²) >= 11 is 6.03. The molecule has 106 valence electrons. The third kappa shape index (κ3) is 5.01. The monoisotopic (exact) mass is 283 g/mol. The molecule has 0 heterocycles. The minimum Gasteiger partial charge on any atom is -0.389 e. The van der Waals surface area contributed by atoms with Crippen molar-refractivity contribution in [2.75, 3.05) is 18.5 Å². The van der Waals surface area contributed by atoms with Gasteiger partial charge in [0.15, 0.2) is 0 Å². The van der Waals surface area contributed by atoms with Crippen molar-refractivity contribution in [3.63, 3.8) is 0 Å². The first-order chi connectivity index (χ1) is 9.25. The second kappa shape index (κ2) is 7.73. The van der Waals surface area contributed by atoms with Crippen LogP contribution in [0.4, 0.5) is 5.69 Å². The second-order valence-electron chi connectivity index (χ2n) is 5.11.